The van der Waals surface area contributed by atoms with E-state index in [0.29, 0.717) is 11.4 Å². The number of aromatic nitrogens is 2. The van der Waals surface area contributed by atoms with Crippen molar-refractivity contribution in [2.45, 2.75) is 19.8 Å². The molecule has 0 amide bonds. The van der Waals surface area contributed by atoms with E-state index in [2.05, 4.69) is 15.3 Å². The Morgan fingerprint density at radius 1 is 1.15 bits per heavy atom. The van der Waals surface area contributed by atoms with Gasteiger partial charge in [-0.3, -0.25) is 0 Å². The Hall–Kier alpha value is -1.46. The van der Waals surface area contributed by atoms with Crippen LogP contribution in [0, 0.1) is 11.6 Å². The summed E-state index contributed by atoms with van der Waals surface area (Å²) in [7, 11) is 0. The summed E-state index contributed by atoms with van der Waals surface area (Å²) < 4.78 is 26.8. The number of nitrogens with one attached hydrogen (secondary N) is 1. The zero-order chi connectivity index (χ0) is 14.9. The molecule has 0 bridgehead atoms. The van der Waals surface area contributed by atoms with Crippen LogP contribution in [0.1, 0.15) is 25.3 Å². The van der Waals surface area contributed by atoms with Gasteiger partial charge in [0.15, 0.2) is 5.82 Å². The van der Waals surface area contributed by atoms with Crippen molar-refractivity contribution in [3.05, 3.63) is 45.8 Å². The van der Waals surface area contributed by atoms with E-state index in [4.69, 9.17) is 23.2 Å². The quantitative estimate of drug-likeness (QED) is 0.816. The lowest BCUT2D eigenvalue weighted by Crippen LogP contribution is -2.05. The van der Waals surface area contributed by atoms with Crippen molar-refractivity contribution in [2.75, 3.05) is 5.32 Å². The Bertz CT molecular complexity index is 625. The van der Waals surface area contributed by atoms with Crippen molar-refractivity contribution in [3.8, 4) is 0 Å². The molecule has 2 rings (SSSR count). The van der Waals surface area contributed by atoms with E-state index < -0.39 is 11.6 Å². The Balaban J connectivity index is 2.48. The van der Waals surface area contributed by atoms with Crippen LogP contribution < -0.4 is 5.32 Å². The van der Waals surface area contributed by atoms with Gasteiger partial charge in [0, 0.05) is 11.6 Å². The normalized spacial score (nSPS) is 10.9. The molecule has 0 aliphatic carbocycles. The molecule has 0 saturated heterocycles. The largest absolute Gasteiger partial charge is 0.336 e. The molecule has 1 aromatic carbocycles. The third-order valence-corrected chi connectivity index (χ3v) is 3.26. The number of hydrogen-bond acceptors (Lipinski definition) is 3. The first kappa shape index (κ1) is 14.9. The molecule has 20 heavy (non-hydrogen) atoms. The van der Waals surface area contributed by atoms with Crippen LogP contribution in [0.3, 0.4) is 0 Å². The fraction of sp³-hybridized carbons (Fsp3) is 0.231. The van der Waals surface area contributed by atoms with Crippen LogP contribution in [0.5, 0.6) is 0 Å². The number of anilines is 2. The molecule has 0 atom stereocenters. The zero-order valence-corrected chi connectivity index (χ0v) is 12.2. The Morgan fingerprint density at radius 2 is 1.85 bits per heavy atom. The average Bonchev–Trinajstić information content (AvgIpc) is 2.33. The van der Waals surface area contributed by atoms with Crippen LogP contribution in [0.25, 0.3) is 0 Å². The number of nitrogens with zero attached hydrogens (tertiary/aromatic N) is 2. The van der Waals surface area contributed by atoms with Gasteiger partial charge in [-0.05, 0) is 12.0 Å². The fourth-order valence-electron chi connectivity index (χ4n) is 1.77. The summed E-state index contributed by atoms with van der Waals surface area (Å²) in [6.45, 7) is 3.80. The number of halogens is 4. The first-order chi connectivity index (χ1) is 9.40. The van der Waals surface area contributed by atoms with Crippen molar-refractivity contribution in [3.63, 3.8) is 0 Å². The van der Waals surface area contributed by atoms with Crippen LogP contribution in [-0.2, 0) is 0 Å². The predicted octanol–water partition coefficient (Wildman–Crippen LogP) is 4.93. The second kappa shape index (κ2) is 5.89. The third-order valence-electron chi connectivity index (χ3n) is 2.66. The molecule has 1 aromatic heterocycles. The smallest absolute Gasteiger partial charge is 0.151 e. The molecule has 0 saturated carbocycles. The summed E-state index contributed by atoms with van der Waals surface area (Å²) in [6, 6.07) is 1.76. The first-order valence-electron chi connectivity index (χ1n) is 5.82. The van der Waals surface area contributed by atoms with Crippen molar-refractivity contribution in [2.24, 2.45) is 0 Å². The first-order valence-corrected chi connectivity index (χ1v) is 6.57. The average molecular weight is 318 g/mol. The topological polar surface area (TPSA) is 37.8 Å². The minimum absolute atomic E-state index is 0.0217. The molecule has 0 spiro atoms. The molecule has 1 heterocycles. The molecule has 0 fully saturated rings. The second-order valence-corrected chi connectivity index (χ2v) is 5.22. The Kier molecular flexibility index (Phi) is 4.40. The molecule has 3 nitrogen and oxygen atoms in total. The standard InChI is InChI=1S/C13H11Cl2F2N3/c1-6(2)10-12(15)18-5-19-13(10)20-11-8(14)3-7(16)4-9(11)17/h3-6H,1-2H3,(H,18,19,20). The van der Waals surface area contributed by atoms with Gasteiger partial charge in [0.25, 0.3) is 0 Å². The number of hydrogen-bond donors (Lipinski definition) is 1. The lowest BCUT2D eigenvalue weighted by atomic mass is 10.1. The molecule has 2 aromatic rings. The van der Waals surface area contributed by atoms with Crippen LogP contribution in [0.4, 0.5) is 20.3 Å². The monoisotopic (exact) mass is 317 g/mol. The van der Waals surface area contributed by atoms with E-state index in [9.17, 15) is 8.78 Å². The Labute approximate surface area is 125 Å². The summed E-state index contributed by atoms with van der Waals surface area (Å²) in [5.41, 5.74) is 0.582. The second-order valence-electron chi connectivity index (χ2n) is 4.45. The molecular weight excluding hydrogens is 307 g/mol. The van der Waals surface area contributed by atoms with Crippen LogP contribution >= 0.6 is 23.2 Å². The molecule has 106 valence electrons. The van der Waals surface area contributed by atoms with Gasteiger partial charge < -0.3 is 5.32 Å². The van der Waals surface area contributed by atoms with E-state index in [1.54, 1.807) is 0 Å². The molecular formula is C13H11Cl2F2N3. The van der Waals surface area contributed by atoms with Gasteiger partial charge in [0.1, 0.15) is 23.1 Å². The van der Waals surface area contributed by atoms with Crippen LogP contribution in [0.15, 0.2) is 18.5 Å². The van der Waals surface area contributed by atoms with E-state index in [-0.39, 0.29) is 21.8 Å². The predicted molar refractivity (Wildman–Crippen MR) is 75.8 cm³/mol. The summed E-state index contributed by atoms with van der Waals surface area (Å²) in [4.78, 5) is 7.92. The highest BCUT2D eigenvalue weighted by Crippen LogP contribution is 2.33. The SMILES string of the molecule is CC(C)c1c(Cl)ncnc1Nc1c(F)cc(F)cc1Cl. The molecule has 1 N–H and O–H groups in total. The maximum atomic E-state index is 13.8. The highest BCUT2D eigenvalue weighted by atomic mass is 35.5. The number of benzene rings is 1. The van der Waals surface area contributed by atoms with Crippen LogP contribution in [-0.4, -0.2) is 9.97 Å². The van der Waals surface area contributed by atoms with Gasteiger partial charge in [-0.1, -0.05) is 37.0 Å². The highest BCUT2D eigenvalue weighted by Gasteiger charge is 2.17. The van der Waals surface area contributed by atoms with Crippen molar-refractivity contribution in [1.29, 1.82) is 0 Å². The van der Waals surface area contributed by atoms with Gasteiger partial charge >= 0.3 is 0 Å². The minimum Gasteiger partial charge on any atom is -0.336 e. The molecule has 0 radical (unpaired) electrons. The van der Waals surface area contributed by atoms with Gasteiger partial charge in [-0.2, -0.15) is 0 Å². The van der Waals surface area contributed by atoms with Crippen molar-refractivity contribution < 1.29 is 8.78 Å². The lowest BCUT2D eigenvalue weighted by molar-refractivity contribution is 0.586. The fourth-order valence-corrected chi connectivity index (χ4v) is 2.36. The third kappa shape index (κ3) is 2.99. The van der Waals surface area contributed by atoms with E-state index >= 15 is 0 Å². The molecule has 0 unspecified atom stereocenters. The molecule has 0 aliphatic rings. The Morgan fingerprint density at radius 3 is 2.45 bits per heavy atom. The molecule has 7 heteroatoms. The van der Waals surface area contributed by atoms with E-state index in [0.717, 1.165) is 12.1 Å². The lowest BCUT2D eigenvalue weighted by Gasteiger charge is -2.15. The van der Waals surface area contributed by atoms with Gasteiger partial charge in [-0.15, -0.1) is 0 Å². The maximum Gasteiger partial charge on any atom is 0.151 e. The number of rotatable bonds is 3. The summed E-state index contributed by atoms with van der Waals surface area (Å²) in [5, 5.41) is 2.95. The minimum atomic E-state index is -0.806. The van der Waals surface area contributed by atoms with Crippen molar-refractivity contribution >= 4 is 34.7 Å². The highest BCUT2D eigenvalue weighted by molar-refractivity contribution is 6.33. The summed E-state index contributed by atoms with van der Waals surface area (Å²) >= 11 is 11.9. The van der Waals surface area contributed by atoms with Crippen molar-refractivity contribution in [1.82, 2.24) is 9.97 Å². The van der Waals surface area contributed by atoms with E-state index in [1.165, 1.54) is 6.33 Å². The maximum absolute atomic E-state index is 13.8. The van der Waals surface area contributed by atoms with Gasteiger partial charge in [0.05, 0.1) is 10.7 Å². The zero-order valence-electron chi connectivity index (χ0n) is 10.7. The molecule has 0 aliphatic heterocycles. The van der Waals surface area contributed by atoms with Crippen LogP contribution in [0.2, 0.25) is 10.2 Å². The van der Waals surface area contributed by atoms with E-state index in [1.807, 2.05) is 13.8 Å². The van der Waals surface area contributed by atoms with Gasteiger partial charge in [-0.25, -0.2) is 18.7 Å². The summed E-state index contributed by atoms with van der Waals surface area (Å²) in [6.07, 6.45) is 1.26. The van der Waals surface area contributed by atoms with Gasteiger partial charge in [0.2, 0.25) is 0 Å². The summed E-state index contributed by atoms with van der Waals surface area (Å²) in [5.74, 6) is -1.19.